The summed E-state index contributed by atoms with van der Waals surface area (Å²) in [6, 6.07) is 14.5. The van der Waals surface area contributed by atoms with Gasteiger partial charge in [-0.05, 0) is 36.8 Å². The highest BCUT2D eigenvalue weighted by molar-refractivity contribution is 6.00. The van der Waals surface area contributed by atoms with Gasteiger partial charge in [0.05, 0.1) is 25.0 Å². The topological polar surface area (TPSA) is 81.1 Å². The highest BCUT2D eigenvalue weighted by atomic mass is 16.5. The van der Waals surface area contributed by atoms with E-state index in [4.69, 9.17) is 4.74 Å². The molecular formula is C22H21N5O2. The molecular weight excluding hydrogens is 366 g/mol. The molecule has 0 aliphatic rings. The normalized spacial score (nSPS) is 10.7. The molecule has 0 spiro atoms. The fourth-order valence-corrected chi connectivity index (χ4v) is 3.20. The lowest BCUT2D eigenvalue weighted by Crippen LogP contribution is -2.19. The van der Waals surface area contributed by atoms with Gasteiger partial charge in [0.1, 0.15) is 5.75 Å². The van der Waals surface area contributed by atoms with Gasteiger partial charge in [0.2, 0.25) is 0 Å². The number of anilines is 2. The molecule has 7 nitrogen and oxygen atoms in total. The molecule has 0 atom stereocenters. The van der Waals surface area contributed by atoms with Crippen LogP contribution in [0.15, 0.2) is 67.1 Å². The maximum atomic E-state index is 12.3. The lowest BCUT2D eigenvalue weighted by atomic mass is 10.0. The van der Waals surface area contributed by atoms with Crippen molar-refractivity contribution >= 4 is 28.3 Å². The Morgan fingerprint density at radius 3 is 2.59 bits per heavy atom. The summed E-state index contributed by atoms with van der Waals surface area (Å²) < 4.78 is 7.09. The molecule has 0 fully saturated rings. The van der Waals surface area contributed by atoms with Gasteiger partial charge in [-0.2, -0.15) is 5.10 Å². The van der Waals surface area contributed by atoms with E-state index in [1.54, 1.807) is 19.2 Å². The van der Waals surface area contributed by atoms with Crippen molar-refractivity contribution in [2.24, 2.45) is 0 Å². The molecule has 7 heteroatoms. The number of rotatable bonds is 5. The Hall–Kier alpha value is -3.87. The average molecular weight is 387 g/mol. The fraction of sp³-hybridized carbons (Fsp3) is 0.136. The number of amides is 2. The smallest absolute Gasteiger partial charge is 0.323 e. The van der Waals surface area contributed by atoms with E-state index in [0.29, 0.717) is 17.1 Å². The summed E-state index contributed by atoms with van der Waals surface area (Å²) in [6.45, 7) is 2.84. The van der Waals surface area contributed by atoms with Crippen LogP contribution in [0, 0.1) is 0 Å². The monoisotopic (exact) mass is 387 g/mol. The van der Waals surface area contributed by atoms with Crippen LogP contribution in [-0.4, -0.2) is 27.9 Å². The van der Waals surface area contributed by atoms with Gasteiger partial charge in [0, 0.05) is 41.1 Å². The van der Waals surface area contributed by atoms with Crippen molar-refractivity contribution in [1.82, 2.24) is 14.8 Å². The van der Waals surface area contributed by atoms with Crippen molar-refractivity contribution < 1.29 is 9.53 Å². The molecule has 4 aromatic rings. The first-order valence-electron chi connectivity index (χ1n) is 9.30. The molecule has 0 unspecified atom stereocenters. The zero-order chi connectivity index (χ0) is 20.2. The number of hydrogen-bond acceptors (Lipinski definition) is 4. The van der Waals surface area contributed by atoms with Gasteiger partial charge >= 0.3 is 6.03 Å². The molecule has 2 aromatic carbocycles. The third-order valence-electron chi connectivity index (χ3n) is 4.65. The summed E-state index contributed by atoms with van der Waals surface area (Å²) in [5.41, 5.74) is 4.37. The van der Waals surface area contributed by atoms with Crippen molar-refractivity contribution in [3.8, 4) is 16.9 Å². The SMILES string of the molecule is CCn1ncc2c(-c3ccc(NC(=O)Nc4cccc(OC)c4)cc3)cncc21. The van der Waals surface area contributed by atoms with E-state index in [2.05, 4.69) is 27.6 Å². The highest BCUT2D eigenvalue weighted by Crippen LogP contribution is 2.28. The van der Waals surface area contributed by atoms with Crippen molar-refractivity contribution in [3.05, 3.63) is 67.1 Å². The molecule has 0 bridgehead atoms. The predicted octanol–water partition coefficient (Wildman–Crippen LogP) is 4.77. The van der Waals surface area contributed by atoms with Crippen LogP contribution in [0.2, 0.25) is 0 Å². The van der Waals surface area contributed by atoms with E-state index in [1.165, 1.54) is 0 Å². The van der Waals surface area contributed by atoms with E-state index in [9.17, 15) is 4.79 Å². The lowest BCUT2D eigenvalue weighted by molar-refractivity contribution is 0.262. The van der Waals surface area contributed by atoms with Crippen LogP contribution in [0.25, 0.3) is 22.0 Å². The molecule has 2 heterocycles. The summed E-state index contributed by atoms with van der Waals surface area (Å²) in [7, 11) is 1.59. The maximum absolute atomic E-state index is 12.3. The maximum Gasteiger partial charge on any atom is 0.323 e. The minimum Gasteiger partial charge on any atom is -0.497 e. The summed E-state index contributed by atoms with van der Waals surface area (Å²) in [6.07, 6.45) is 5.53. The second-order valence-corrected chi connectivity index (χ2v) is 6.47. The van der Waals surface area contributed by atoms with Gasteiger partial charge in [-0.15, -0.1) is 0 Å². The second kappa shape index (κ2) is 8.02. The number of benzene rings is 2. The zero-order valence-corrected chi connectivity index (χ0v) is 16.2. The van der Waals surface area contributed by atoms with Gasteiger partial charge in [-0.25, -0.2) is 4.79 Å². The first kappa shape index (κ1) is 18.5. The first-order valence-corrected chi connectivity index (χ1v) is 9.30. The van der Waals surface area contributed by atoms with Crippen molar-refractivity contribution in [2.75, 3.05) is 17.7 Å². The number of ether oxygens (including phenoxy) is 1. The Bertz CT molecular complexity index is 1150. The van der Waals surface area contributed by atoms with E-state index < -0.39 is 0 Å². The Morgan fingerprint density at radius 2 is 1.83 bits per heavy atom. The number of pyridine rings is 1. The van der Waals surface area contributed by atoms with E-state index in [-0.39, 0.29) is 6.03 Å². The minimum absolute atomic E-state index is 0.320. The van der Waals surface area contributed by atoms with Gasteiger partial charge < -0.3 is 15.4 Å². The lowest BCUT2D eigenvalue weighted by Gasteiger charge is -2.10. The molecule has 0 radical (unpaired) electrons. The molecule has 2 N–H and O–H groups in total. The number of urea groups is 1. The van der Waals surface area contributed by atoms with Gasteiger partial charge in [0.25, 0.3) is 0 Å². The Kier molecular flexibility index (Phi) is 5.11. The number of methoxy groups -OCH3 is 1. The zero-order valence-electron chi connectivity index (χ0n) is 16.2. The number of nitrogens with zero attached hydrogens (tertiary/aromatic N) is 3. The molecule has 29 heavy (non-hydrogen) atoms. The van der Waals surface area contributed by atoms with Crippen LogP contribution in [0.5, 0.6) is 5.75 Å². The fourth-order valence-electron chi connectivity index (χ4n) is 3.20. The van der Waals surface area contributed by atoms with Crippen LogP contribution < -0.4 is 15.4 Å². The Morgan fingerprint density at radius 1 is 1.03 bits per heavy atom. The molecule has 146 valence electrons. The summed E-state index contributed by atoms with van der Waals surface area (Å²) in [5.74, 6) is 0.682. The van der Waals surface area contributed by atoms with Crippen molar-refractivity contribution in [3.63, 3.8) is 0 Å². The third-order valence-corrected chi connectivity index (χ3v) is 4.65. The first-order chi connectivity index (χ1) is 14.2. The molecule has 2 amide bonds. The number of fused-ring (bicyclic) bond motifs is 1. The number of hydrogen-bond donors (Lipinski definition) is 2. The van der Waals surface area contributed by atoms with Gasteiger partial charge in [0.15, 0.2) is 0 Å². The number of carbonyl (C=O) groups is 1. The minimum atomic E-state index is -0.320. The van der Waals surface area contributed by atoms with Crippen LogP contribution in [0.3, 0.4) is 0 Å². The van der Waals surface area contributed by atoms with Crippen LogP contribution >= 0.6 is 0 Å². The Balaban J connectivity index is 1.49. The number of aryl methyl sites for hydroxylation is 1. The van der Waals surface area contributed by atoms with E-state index in [1.807, 2.05) is 59.7 Å². The molecule has 2 aromatic heterocycles. The van der Waals surface area contributed by atoms with Crippen molar-refractivity contribution in [2.45, 2.75) is 13.5 Å². The number of aromatic nitrogens is 3. The molecule has 0 saturated carbocycles. The van der Waals surface area contributed by atoms with Crippen molar-refractivity contribution in [1.29, 1.82) is 0 Å². The standard InChI is InChI=1S/C22H21N5O2/c1-3-27-21-14-23-12-19(20(21)13-24-27)15-7-9-16(10-8-15)25-22(28)26-17-5-4-6-18(11-17)29-2/h4-14H,3H2,1-2H3,(H2,25,26,28). The Labute approximate surface area is 168 Å². The predicted molar refractivity (Wildman–Crippen MR) is 114 cm³/mol. The highest BCUT2D eigenvalue weighted by Gasteiger charge is 2.09. The number of carbonyl (C=O) groups excluding carboxylic acids is 1. The third kappa shape index (κ3) is 3.89. The largest absolute Gasteiger partial charge is 0.497 e. The average Bonchev–Trinajstić information content (AvgIpc) is 3.18. The van der Waals surface area contributed by atoms with Crippen LogP contribution in [-0.2, 0) is 6.54 Å². The molecule has 0 aliphatic heterocycles. The van der Waals surface area contributed by atoms with Crippen LogP contribution in [0.1, 0.15) is 6.92 Å². The van der Waals surface area contributed by atoms with E-state index in [0.717, 1.165) is 28.6 Å². The van der Waals surface area contributed by atoms with Crippen LogP contribution in [0.4, 0.5) is 16.2 Å². The molecule has 0 aliphatic carbocycles. The molecule has 0 saturated heterocycles. The summed E-state index contributed by atoms with van der Waals surface area (Å²) >= 11 is 0. The number of nitrogens with one attached hydrogen (secondary N) is 2. The molecule has 4 rings (SSSR count). The summed E-state index contributed by atoms with van der Waals surface area (Å²) in [4.78, 5) is 16.6. The van der Waals surface area contributed by atoms with Gasteiger partial charge in [-0.1, -0.05) is 18.2 Å². The van der Waals surface area contributed by atoms with E-state index >= 15 is 0 Å². The second-order valence-electron chi connectivity index (χ2n) is 6.47. The van der Waals surface area contributed by atoms with Gasteiger partial charge in [-0.3, -0.25) is 9.67 Å². The quantitative estimate of drug-likeness (QED) is 0.517. The summed E-state index contributed by atoms with van der Waals surface area (Å²) in [5, 5.41) is 11.1.